The highest BCUT2D eigenvalue weighted by molar-refractivity contribution is 14.0. The Morgan fingerprint density at radius 2 is 2.23 bits per heavy atom. The quantitative estimate of drug-likeness (QED) is 0.355. The number of aliphatic imine (C=N–C) groups is 1. The summed E-state index contributed by atoms with van der Waals surface area (Å²) >= 11 is 1.64. The van der Waals surface area contributed by atoms with Gasteiger partial charge >= 0.3 is 0 Å². The summed E-state index contributed by atoms with van der Waals surface area (Å²) < 4.78 is 5.20. The van der Waals surface area contributed by atoms with Gasteiger partial charge in [0.05, 0.1) is 37.0 Å². The standard InChI is InChI=1S/C18H26N4O2S.HI/c1-5-19-18(22(3)11-15-12-25-13(2)21-15)20-10-17(23)14-7-6-8-16(9-14)24-4;/h6-9,12,17,23H,5,10-11H2,1-4H3,(H,19,20);1H. The maximum absolute atomic E-state index is 10.4. The van der Waals surface area contributed by atoms with Crippen LogP contribution in [0.3, 0.4) is 0 Å². The summed E-state index contributed by atoms with van der Waals surface area (Å²) in [6.45, 7) is 5.72. The predicted octanol–water partition coefficient (Wildman–Crippen LogP) is 3.21. The van der Waals surface area contributed by atoms with E-state index >= 15 is 0 Å². The number of hydrogen-bond donors (Lipinski definition) is 2. The molecule has 144 valence electrons. The molecule has 0 fully saturated rings. The van der Waals surface area contributed by atoms with E-state index in [1.165, 1.54) is 0 Å². The highest BCUT2D eigenvalue weighted by Gasteiger charge is 2.12. The van der Waals surface area contributed by atoms with E-state index in [0.717, 1.165) is 34.5 Å². The van der Waals surface area contributed by atoms with Crippen LogP contribution in [0.2, 0.25) is 0 Å². The normalized spacial score (nSPS) is 12.3. The first kappa shape index (κ1) is 22.7. The van der Waals surface area contributed by atoms with Crippen LogP contribution >= 0.6 is 35.3 Å². The van der Waals surface area contributed by atoms with Crippen molar-refractivity contribution in [2.45, 2.75) is 26.5 Å². The number of thiazole rings is 1. The van der Waals surface area contributed by atoms with Crippen molar-refractivity contribution in [2.24, 2.45) is 4.99 Å². The SMILES string of the molecule is CCNC(=NCC(O)c1cccc(OC)c1)N(C)Cc1csc(C)n1.I. The Morgan fingerprint density at radius 3 is 2.85 bits per heavy atom. The van der Waals surface area contributed by atoms with Crippen LogP contribution in [0, 0.1) is 6.92 Å². The summed E-state index contributed by atoms with van der Waals surface area (Å²) in [4.78, 5) is 11.1. The monoisotopic (exact) mass is 490 g/mol. The molecule has 1 heterocycles. The number of guanidine groups is 1. The van der Waals surface area contributed by atoms with Crippen molar-refractivity contribution >= 4 is 41.3 Å². The average Bonchev–Trinajstić information content (AvgIpc) is 3.03. The number of nitrogens with one attached hydrogen (secondary N) is 1. The third-order valence-electron chi connectivity index (χ3n) is 3.65. The average molecular weight is 490 g/mol. The number of hydrogen-bond acceptors (Lipinski definition) is 5. The van der Waals surface area contributed by atoms with Gasteiger partial charge in [0.15, 0.2) is 5.96 Å². The molecule has 1 aromatic heterocycles. The topological polar surface area (TPSA) is 70.0 Å². The molecule has 0 aliphatic rings. The van der Waals surface area contributed by atoms with Crippen molar-refractivity contribution < 1.29 is 9.84 Å². The maximum atomic E-state index is 10.4. The second-order valence-corrected chi connectivity index (χ2v) is 6.76. The summed E-state index contributed by atoms with van der Waals surface area (Å²) in [5, 5.41) is 16.8. The summed E-state index contributed by atoms with van der Waals surface area (Å²) in [5.41, 5.74) is 1.81. The van der Waals surface area contributed by atoms with Gasteiger partial charge in [0.1, 0.15) is 5.75 Å². The Balaban J connectivity index is 0.00000338. The van der Waals surface area contributed by atoms with Gasteiger partial charge in [-0.2, -0.15) is 0 Å². The molecule has 8 heteroatoms. The van der Waals surface area contributed by atoms with Crippen LogP contribution in [-0.2, 0) is 6.54 Å². The van der Waals surface area contributed by atoms with E-state index in [9.17, 15) is 5.11 Å². The van der Waals surface area contributed by atoms with E-state index in [4.69, 9.17) is 4.74 Å². The smallest absolute Gasteiger partial charge is 0.194 e. The Hall–Kier alpha value is -1.39. The van der Waals surface area contributed by atoms with Gasteiger partial charge in [-0.3, -0.25) is 4.99 Å². The van der Waals surface area contributed by atoms with E-state index in [-0.39, 0.29) is 30.5 Å². The molecular formula is C18H27IN4O2S. The molecule has 0 radical (unpaired) electrons. The van der Waals surface area contributed by atoms with Crippen molar-refractivity contribution in [3.8, 4) is 5.75 Å². The number of aryl methyl sites for hydroxylation is 1. The van der Waals surface area contributed by atoms with Crippen LogP contribution in [0.25, 0.3) is 0 Å². The van der Waals surface area contributed by atoms with Crippen molar-refractivity contribution in [1.29, 1.82) is 0 Å². The van der Waals surface area contributed by atoms with Crippen LogP contribution in [0.4, 0.5) is 0 Å². The zero-order chi connectivity index (χ0) is 18.2. The van der Waals surface area contributed by atoms with Gasteiger partial charge in [0.25, 0.3) is 0 Å². The van der Waals surface area contributed by atoms with Crippen LogP contribution in [-0.4, -0.2) is 48.2 Å². The number of nitrogens with zero attached hydrogens (tertiary/aromatic N) is 3. The fraction of sp³-hybridized carbons (Fsp3) is 0.444. The Morgan fingerprint density at radius 1 is 1.46 bits per heavy atom. The van der Waals surface area contributed by atoms with Gasteiger partial charge in [-0.05, 0) is 31.5 Å². The van der Waals surface area contributed by atoms with Crippen LogP contribution < -0.4 is 10.1 Å². The molecule has 6 nitrogen and oxygen atoms in total. The fourth-order valence-corrected chi connectivity index (χ4v) is 3.00. The molecule has 0 spiro atoms. The van der Waals surface area contributed by atoms with Gasteiger partial charge in [0.2, 0.25) is 0 Å². The second-order valence-electron chi connectivity index (χ2n) is 5.70. The Labute approximate surface area is 176 Å². The Kier molecular flexibility index (Phi) is 9.89. The zero-order valence-corrected chi connectivity index (χ0v) is 18.7. The Bertz CT molecular complexity index is 708. The van der Waals surface area contributed by atoms with Crippen LogP contribution in [0.5, 0.6) is 5.75 Å². The number of halogens is 1. The van der Waals surface area contributed by atoms with Gasteiger partial charge in [0, 0.05) is 19.0 Å². The zero-order valence-electron chi connectivity index (χ0n) is 15.6. The molecule has 0 bridgehead atoms. The minimum absolute atomic E-state index is 0. The summed E-state index contributed by atoms with van der Waals surface area (Å²) in [6, 6.07) is 7.42. The third kappa shape index (κ3) is 6.73. The number of aromatic nitrogens is 1. The lowest BCUT2D eigenvalue weighted by Gasteiger charge is -2.21. The van der Waals surface area contributed by atoms with E-state index < -0.39 is 6.10 Å². The number of rotatable bonds is 7. The van der Waals surface area contributed by atoms with E-state index in [1.807, 2.05) is 50.1 Å². The first-order valence-corrected chi connectivity index (χ1v) is 9.14. The molecule has 2 rings (SSSR count). The van der Waals surface area contributed by atoms with Gasteiger partial charge < -0.3 is 20.1 Å². The summed E-state index contributed by atoms with van der Waals surface area (Å²) in [7, 11) is 3.58. The largest absolute Gasteiger partial charge is 0.497 e. The number of aliphatic hydroxyl groups is 1. The van der Waals surface area contributed by atoms with E-state index in [0.29, 0.717) is 6.54 Å². The molecule has 2 aromatic rings. The van der Waals surface area contributed by atoms with E-state index in [1.54, 1.807) is 18.4 Å². The lowest BCUT2D eigenvalue weighted by molar-refractivity contribution is 0.186. The molecule has 1 unspecified atom stereocenters. The van der Waals surface area contributed by atoms with Crippen molar-refractivity contribution in [3.05, 3.63) is 45.9 Å². The molecule has 0 aliphatic heterocycles. The molecule has 0 saturated heterocycles. The minimum atomic E-state index is -0.682. The van der Waals surface area contributed by atoms with Crippen molar-refractivity contribution in [1.82, 2.24) is 15.2 Å². The number of methoxy groups -OCH3 is 1. The van der Waals surface area contributed by atoms with Gasteiger partial charge in [-0.1, -0.05) is 12.1 Å². The molecular weight excluding hydrogens is 463 g/mol. The molecule has 0 amide bonds. The summed E-state index contributed by atoms with van der Waals surface area (Å²) in [6.07, 6.45) is -0.682. The van der Waals surface area contributed by atoms with Crippen molar-refractivity contribution in [2.75, 3.05) is 27.2 Å². The lowest BCUT2D eigenvalue weighted by Crippen LogP contribution is -2.38. The van der Waals surface area contributed by atoms with Crippen molar-refractivity contribution in [3.63, 3.8) is 0 Å². The van der Waals surface area contributed by atoms with Gasteiger partial charge in [-0.25, -0.2) is 4.98 Å². The van der Waals surface area contributed by atoms with Crippen LogP contribution in [0.1, 0.15) is 29.3 Å². The molecule has 26 heavy (non-hydrogen) atoms. The molecule has 0 aliphatic carbocycles. The van der Waals surface area contributed by atoms with Gasteiger partial charge in [-0.15, -0.1) is 35.3 Å². The molecule has 1 atom stereocenters. The predicted molar refractivity (Wildman–Crippen MR) is 118 cm³/mol. The lowest BCUT2D eigenvalue weighted by atomic mass is 10.1. The van der Waals surface area contributed by atoms with E-state index in [2.05, 4.69) is 20.7 Å². The minimum Gasteiger partial charge on any atom is -0.497 e. The molecule has 2 N–H and O–H groups in total. The maximum Gasteiger partial charge on any atom is 0.194 e. The van der Waals surface area contributed by atoms with Crippen LogP contribution in [0.15, 0.2) is 34.6 Å². The highest BCUT2D eigenvalue weighted by Crippen LogP contribution is 2.19. The second kappa shape index (κ2) is 11.3. The fourth-order valence-electron chi connectivity index (χ4n) is 2.40. The first-order valence-electron chi connectivity index (χ1n) is 8.26. The highest BCUT2D eigenvalue weighted by atomic mass is 127. The molecule has 0 saturated carbocycles. The number of benzene rings is 1. The summed E-state index contributed by atoms with van der Waals surface area (Å²) in [5.74, 6) is 1.47. The molecule has 1 aromatic carbocycles. The third-order valence-corrected chi connectivity index (χ3v) is 4.48. The number of aliphatic hydroxyl groups excluding tert-OH is 1. The first-order chi connectivity index (χ1) is 12.0. The number of ether oxygens (including phenoxy) is 1.